The second-order valence-corrected chi connectivity index (χ2v) is 6.97. The first-order valence-corrected chi connectivity index (χ1v) is 9.23. The van der Waals surface area contributed by atoms with E-state index < -0.39 is 24.5 Å². The Morgan fingerprint density at radius 3 is 2.17 bits per heavy atom. The van der Waals surface area contributed by atoms with Crippen molar-refractivity contribution in [3.8, 4) is 0 Å². The number of imide groups is 1. The predicted octanol–water partition coefficient (Wildman–Crippen LogP) is 2.86. The number of benzene rings is 2. The second kappa shape index (κ2) is 10.2. The van der Waals surface area contributed by atoms with Gasteiger partial charge in [0.2, 0.25) is 0 Å². The maximum Gasteiger partial charge on any atom is 0.339 e. The van der Waals surface area contributed by atoms with Crippen molar-refractivity contribution < 1.29 is 23.9 Å². The van der Waals surface area contributed by atoms with E-state index >= 15 is 0 Å². The molecule has 0 atom stereocenters. The Kier molecular flexibility index (Phi) is 7.65. The van der Waals surface area contributed by atoms with Crippen molar-refractivity contribution in [1.82, 2.24) is 10.6 Å². The Morgan fingerprint density at radius 1 is 0.931 bits per heavy atom. The molecule has 2 rings (SSSR count). The van der Waals surface area contributed by atoms with E-state index in [0.29, 0.717) is 12.1 Å². The zero-order valence-electron chi connectivity index (χ0n) is 16.7. The fraction of sp³-hybridized carbons (Fsp3) is 0.273. The van der Waals surface area contributed by atoms with Gasteiger partial charge in [-0.25, -0.2) is 9.59 Å². The lowest BCUT2D eigenvalue weighted by molar-refractivity contribution is -0.123. The van der Waals surface area contributed by atoms with Gasteiger partial charge in [0.15, 0.2) is 12.4 Å². The lowest BCUT2D eigenvalue weighted by Gasteiger charge is -2.10. The lowest BCUT2D eigenvalue weighted by atomic mass is 9.98. The maximum absolute atomic E-state index is 12.8. The highest BCUT2D eigenvalue weighted by molar-refractivity contribution is 6.14. The highest BCUT2D eigenvalue weighted by atomic mass is 16.5. The first-order chi connectivity index (χ1) is 13.8. The zero-order valence-corrected chi connectivity index (χ0v) is 16.7. The molecule has 0 bridgehead atoms. The summed E-state index contributed by atoms with van der Waals surface area (Å²) < 4.78 is 4.98. The topological polar surface area (TPSA) is 102 Å². The number of hydrogen-bond acceptors (Lipinski definition) is 5. The van der Waals surface area contributed by atoms with Crippen molar-refractivity contribution >= 4 is 23.7 Å². The van der Waals surface area contributed by atoms with Crippen LogP contribution in [0.2, 0.25) is 0 Å². The van der Waals surface area contributed by atoms with Gasteiger partial charge in [0, 0.05) is 17.7 Å². The Morgan fingerprint density at radius 2 is 1.55 bits per heavy atom. The first-order valence-electron chi connectivity index (χ1n) is 9.23. The molecule has 0 aliphatic carbocycles. The van der Waals surface area contributed by atoms with Crippen LogP contribution in [0.15, 0.2) is 48.5 Å². The smallest absolute Gasteiger partial charge is 0.339 e. The van der Waals surface area contributed by atoms with E-state index in [-0.39, 0.29) is 22.8 Å². The first kappa shape index (κ1) is 21.8. The molecule has 0 aromatic heterocycles. The molecule has 3 amide bonds. The average Bonchev–Trinajstić information content (AvgIpc) is 2.70. The molecule has 0 aliphatic rings. The molecule has 0 heterocycles. The number of amides is 3. The maximum atomic E-state index is 12.8. The van der Waals surface area contributed by atoms with Gasteiger partial charge >= 0.3 is 12.0 Å². The van der Waals surface area contributed by atoms with E-state index in [9.17, 15) is 19.2 Å². The molecule has 0 saturated carbocycles. The van der Waals surface area contributed by atoms with Gasteiger partial charge in [0.1, 0.15) is 0 Å². The number of urea groups is 1. The Bertz CT molecular complexity index is 904. The third-order valence-electron chi connectivity index (χ3n) is 3.96. The molecule has 0 spiro atoms. The van der Waals surface area contributed by atoms with Gasteiger partial charge in [0.05, 0.1) is 5.56 Å². The van der Waals surface area contributed by atoms with Crippen LogP contribution < -0.4 is 10.6 Å². The highest BCUT2D eigenvalue weighted by Crippen LogP contribution is 2.16. The van der Waals surface area contributed by atoms with Gasteiger partial charge in [-0.15, -0.1) is 0 Å². The number of carbonyl (C=O) groups excluding carboxylic acids is 4. The van der Waals surface area contributed by atoms with Crippen LogP contribution in [0.1, 0.15) is 45.7 Å². The second-order valence-electron chi connectivity index (χ2n) is 6.97. The number of aryl methyl sites for hydroxylation is 1. The minimum Gasteiger partial charge on any atom is -0.452 e. The Hall–Kier alpha value is -3.48. The van der Waals surface area contributed by atoms with Gasteiger partial charge < -0.3 is 10.1 Å². The van der Waals surface area contributed by atoms with Crippen molar-refractivity contribution in [2.45, 2.75) is 20.8 Å². The van der Waals surface area contributed by atoms with Crippen LogP contribution in [-0.2, 0) is 9.53 Å². The molecular weight excluding hydrogens is 372 g/mol. The molecule has 152 valence electrons. The third kappa shape index (κ3) is 6.57. The van der Waals surface area contributed by atoms with Gasteiger partial charge in [-0.3, -0.25) is 14.9 Å². The molecule has 29 heavy (non-hydrogen) atoms. The summed E-state index contributed by atoms with van der Waals surface area (Å²) in [4.78, 5) is 48.5. The molecule has 0 fully saturated rings. The Labute approximate surface area is 169 Å². The monoisotopic (exact) mass is 396 g/mol. The van der Waals surface area contributed by atoms with E-state index in [0.717, 1.165) is 5.56 Å². The number of carbonyl (C=O) groups is 4. The summed E-state index contributed by atoms with van der Waals surface area (Å²) in [5.41, 5.74) is 1.68. The van der Waals surface area contributed by atoms with Gasteiger partial charge in [-0.2, -0.15) is 0 Å². The number of ketones is 1. The molecule has 0 aliphatic heterocycles. The highest BCUT2D eigenvalue weighted by Gasteiger charge is 2.20. The summed E-state index contributed by atoms with van der Waals surface area (Å²) in [5, 5.41) is 4.60. The number of hydrogen-bond donors (Lipinski definition) is 2. The van der Waals surface area contributed by atoms with E-state index in [1.54, 1.807) is 24.3 Å². The van der Waals surface area contributed by atoms with E-state index in [1.807, 2.05) is 32.9 Å². The minimum absolute atomic E-state index is 0.0511. The quantitative estimate of drug-likeness (QED) is 0.554. The summed E-state index contributed by atoms with van der Waals surface area (Å²) in [6, 6.07) is 12.5. The number of rotatable bonds is 7. The standard InChI is InChI=1S/C22H24N2O5/c1-14(2)12-23-22(28)24-19(25)13-29-21(27)18-7-5-4-6-17(18)20(26)16-10-8-15(3)9-11-16/h4-11,14H,12-13H2,1-3H3,(H2,23,24,25,28). The van der Waals surface area contributed by atoms with Crippen LogP contribution in [0, 0.1) is 12.8 Å². The Balaban J connectivity index is 2.01. The summed E-state index contributed by atoms with van der Waals surface area (Å²) in [5.74, 6) is -1.67. The molecule has 0 unspecified atom stereocenters. The molecular formula is C22H24N2O5. The van der Waals surface area contributed by atoms with Gasteiger partial charge in [0.25, 0.3) is 5.91 Å². The molecule has 2 aromatic rings. The molecule has 0 radical (unpaired) electrons. The SMILES string of the molecule is Cc1ccc(C(=O)c2ccccc2C(=O)OCC(=O)NC(=O)NCC(C)C)cc1. The molecule has 0 saturated heterocycles. The van der Waals surface area contributed by atoms with Crippen molar-refractivity contribution in [2.75, 3.05) is 13.2 Å². The van der Waals surface area contributed by atoms with Crippen molar-refractivity contribution in [3.05, 3.63) is 70.8 Å². The molecule has 2 aromatic carbocycles. The third-order valence-corrected chi connectivity index (χ3v) is 3.96. The lowest BCUT2D eigenvalue weighted by Crippen LogP contribution is -2.42. The van der Waals surface area contributed by atoms with Crippen molar-refractivity contribution in [2.24, 2.45) is 5.92 Å². The van der Waals surface area contributed by atoms with Crippen LogP contribution in [0.3, 0.4) is 0 Å². The molecule has 7 nitrogen and oxygen atoms in total. The summed E-state index contributed by atoms with van der Waals surface area (Å²) >= 11 is 0. The number of nitrogens with one attached hydrogen (secondary N) is 2. The van der Waals surface area contributed by atoms with Crippen LogP contribution >= 0.6 is 0 Å². The fourth-order valence-corrected chi connectivity index (χ4v) is 2.43. The molecule has 7 heteroatoms. The van der Waals surface area contributed by atoms with E-state index in [2.05, 4.69) is 10.6 Å². The fourth-order valence-electron chi connectivity index (χ4n) is 2.43. The average molecular weight is 396 g/mol. The van der Waals surface area contributed by atoms with Gasteiger partial charge in [-0.1, -0.05) is 61.9 Å². The van der Waals surface area contributed by atoms with Crippen molar-refractivity contribution in [3.63, 3.8) is 0 Å². The van der Waals surface area contributed by atoms with Crippen molar-refractivity contribution in [1.29, 1.82) is 0 Å². The summed E-state index contributed by atoms with van der Waals surface area (Å²) in [6.07, 6.45) is 0. The largest absolute Gasteiger partial charge is 0.452 e. The van der Waals surface area contributed by atoms with Crippen LogP contribution in [0.5, 0.6) is 0 Å². The number of ether oxygens (including phenoxy) is 1. The van der Waals surface area contributed by atoms with Gasteiger partial charge in [-0.05, 0) is 18.9 Å². The molecule has 2 N–H and O–H groups in total. The zero-order chi connectivity index (χ0) is 21.4. The van der Waals surface area contributed by atoms with E-state index in [1.165, 1.54) is 12.1 Å². The number of esters is 1. The van der Waals surface area contributed by atoms with Crippen LogP contribution in [0.25, 0.3) is 0 Å². The summed E-state index contributed by atoms with van der Waals surface area (Å²) in [7, 11) is 0. The predicted molar refractivity (Wildman–Crippen MR) is 108 cm³/mol. The van der Waals surface area contributed by atoms with Crippen LogP contribution in [-0.4, -0.2) is 36.8 Å². The summed E-state index contributed by atoms with van der Waals surface area (Å²) in [6.45, 7) is 5.51. The minimum atomic E-state index is -0.821. The normalized spacial score (nSPS) is 10.3. The van der Waals surface area contributed by atoms with E-state index in [4.69, 9.17) is 4.74 Å². The van der Waals surface area contributed by atoms with Crippen LogP contribution in [0.4, 0.5) is 4.79 Å².